The Kier molecular flexibility index (Phi) is 5.60. The molecule has 98 valence electrons. The van der Waals surface area contributed by atoms with Crippen LogP contribution in [0.1, 0.15) is 5.56 Å². The number of rotatable bonds is 5. The standard InChI is InChI=1S/C11H14BrN3O3/c1-14-5-7-4-8(2-3-9(7)12)18-6-10(16)15-11(13)17/h2-4,14H,5-6H2,1H3,(H3,13,15,16,17). The van der Waals surface area contributed by atoms with Gasteiger partial charge in [-0.25, -0.2) is 4.79 Å². The molecule has 7 heteroatoms. The van der Waals surface area contributed by atoms with Gasteiger partial charge in [0.05, 0.1) is 0 Å². The van der Waals surface area contributed by atoms with Gasteiger partial charge < -0.3 is 15.8 Å². The molecule has 0 atom stereocenters. The third kappa shape index (κ3) is 4.72. The first kappa shape index (κ1) is 14.5. The Morgan fingerprint density at radius 2 is 2.17 bits per heavy atom. The maximum atomic E-state index is 11.1. The number of halogens is 1. The number of carbonyl (C=O) groups is 2. The van der Waals surface area contributed by atoms with Crippen molar-refractivity contribution in [3.8, 4) is 5.75 Å². The fourth-order valence-electron chi connectivity index (χ4n) is 1.29. The van der Waals surface area contributed by atoms with Crippen LogP contribution in [0.5, 0.6) is 5.75 Å². The number of carbonyl (C=O) groups excluding carboxylic acids is 2. The summed E-state index contributed by atoms with van der Waals surface area (Å²) in [5.74, 6) is -0.0383. The van der Waals surface area contributed by atoms with Gasteiger partial charge in [0, 0.05) is 11.0 Å². The van der Waals surface area contributed by atoms with Crippen LogP contribution in [-0.4, -0.2) is 25.6 Å². The fraction of sp³-hybridized carbons (Fsp3) is 0.273. The molecule has 18 heavy (non-hydrogen) atoms. The van der Waals surface area contributed by atoms with Gasteiger partial charge in [-0.1, -0.05) is 15.9 Å². The van der Waals surface area contributed by atoms with Gasteiger partial charge in [0.15, 0.2) is 6.61 Å². The second-order valence-electron chi connectivity index (χ2n) is 3.48. The van der Waals surface area contributed by atoms with Crippen LogP contribution in [0.2, 0.25) is 0 Å². The second-order valence-corrected chi connectivity index (χ2v) is 4.34. The van der Waals surface area contributed by atoms with Gasteiger partial charge in [-0.3, -0.25) is 10.1 Å². The highest BCUT2D eigenvalue weighted by Crippen LogP contribution is 2.22. The lowest BCUT2D eigenvalue weighted by Gasteiger charge is -2.09. The smallest absolute Gasteiger partial charge is 0.318 e. The zero-order chi connectivity index (χ0) is 13.5. The zero-order valence-electron chi connectivity index (χ0n) is 9.83. The second kappa shape index (κ2) is 6.97. The SMILES string of the molecule is CNCc1cc(OCC(=O)NC(N)=O)ccc1Br. The van der Waals surface area contributed by atoms with E-state index in [4.69, 9.17) is 10.5 Å². The topological polar surface area (TPSA) is 93.4 Å². The molecule has 1 aromatic rings. The zero-order valence-corrected chi connectivity index (χ0v) is 11.4. The molecule has 0 aliphatic rings. The molecule has 3 amide bonds. The van der Waals surface area contributed by atoms with Crippen LogP contribution in [0.4, 0.5) is 4.79 Å². The number of urea groups is 1. The lowest BCUT2D eigenvalue weighted by atomic mass is 10.2. The first-order valence-corrected chi connectivity index (χ1v) is 5.97. The Bertz CT molecular complexity index is 451. The van der Waals surface area contributed by atoms with E-state index in [9.17, 15) is 9.59 Å². The molecule has 6 nitrogen and oxygen atoms in total. The predicted molar refractivity (Wildman–Crippen MR) is 70.1 cm³/mol. The molecule has 0 bridgehead atoms. The summed E-state index contributed by atoms with van der Waals surface area (Å²) in [7, 11) is 1.83. The van der Waals surface area contributed by atoms with Gasteiger partial charge in [0.2, 0.25) is 0 Å². The van der Waals surface area contributed by atoms with E-state index in [1.807, 2.05) is 18.4 Å². The predicted octanol–water partition coefficient (Wildman–Crippen LogP) is 0.742. The van der Waals surface area contributed by atoms with Crippen molar-refractivity contribution in [1.82, 2.24) is 10.6 Å². The van der Waals surface area contributed by atoms with E-state index in [0.717, 1.165) is 10.0 Å². The minimum absolute atomic E-state index is 0.260. The van der Waals surface area contributed by atoms with Gasteiger partial charge in [-0.15, -0.1) is 0 Å². The quantitative estimate of drug-likeness (QED) is 0.747. The lowest BCUT2D eigenvalue weighted by Crippen LogP contribution is -2.38. The van der Waals surface area contributed by atoms with E-state index >= 15 is 0 Å². The number of benzene rings is 1. The lowest BCUT2D eigenvalue weighted by molar-refractivity contribution is -0.121. The molecular formula is C11H14BrN3O3. The van der Waals surface area contributed by atoms with Crippen molar-refractivity contribution >= 4 is 27.9 Å². The van der Waals surface area contributed by atoms with Crippen molar-refractivity contribution in [2.24, 2.45) is 5.73 Å². The third-order valence-corrected chi connectivity index (χ3v) is 2.79. The summed E-state index contributed by atoms with van der Waals surface area (Å²) in [5.41, 5.74) is 5.81. The van der Waals surface area contributed by atoms with Gasteiger partial charge in [0.1, 0.15) is 5.75 Å². The molecule has 0 saturated carbocycles. The monoisotopic (exact) mass is 315 g/mol. The first-order chi connectivity index (χ1) is 8.52. The first-order valence-electron chi connectivity index (χ1n) is 5.18. The summed E-state index contributed by atoms with van der Waals surface area (Å²) in [6.07, 6.45) is 0. The van der Waals surface area contributed by atoms with Crippen LogP contribution in [0.3, 0.4) is 0 Å². The molecule has 0 spiro atoms. The van der Waals surface area contributed by atoms with E-state index in [2.05, 4.69) is 21.2 Å². The molecule has 0 unspecified atom stereocenters. The Morgan fingerprint density at radius 1 is 1.44 bits per heavy atom. The Morgan fingerprint density at radius 3 is 2.78 bits per heavy atom. The Labute approximate surface area is 113 Å². The molecule has 0 aliphatic heterocycles. The molecular weight excluding hydrogens is 302 g/mol. The van der Waals surface area contributed by atoms with Crippen molar-refractivity contribution in [3.05, 3.63) is 28.2 Å². The van der Waals surface area contributed by atoms with Crippen molar-refractivity contribution < 1.29 is 14.3 Å². The van der Waals surface area contributed by atoms with E-state index in [-0.39, 0.29) is 6.61 Å². The van der Waals surface area contributed by atoms with Crippen LogP contribution in [0.25, 0.3) is 0 Å². The van der Waals surface area contributed by atoms with E-state index in [0.29, 0.717) is 12.3 Å². The van der Waals surface area contributed by atoms with Gasteiger partial charge in [-0.2, -0.15) is 0 Å². The largest absolute Gasteiger partial charge is 0.484 e. The van der Waals surface area contributed by atoms with Crippen LogP contribution in [0.15, 0.2) is 22.7 Å². The van der Waals surface area contributed by atoms with Gasteiger partial charge in [0.25, 0.3) is 5.91 Å². The number of ether oxygens (including phenoxy) is 1. The number of imide groups is 1. The highest BCUT2D eigenvalue weighted by atomic mass is 79.9. The number of nitrogens with one attached hydrogen (secondary N) is 2. The average Bonchev–Trinajstić information content (AvgIpc) is 2.29. The summed E-state index contributed by atoms with van der Waals surface area (Å²) in [6.45, 7) is 0.412. The minimum Gasteiger partial charge on any atom is -0.484 e. The van der Waals surface area contributed by atoms with Crippen molar-refractivity contribution in [2.75, 3.05) is 13.7 Å². The Hall–Kier alpha value is -1.60. The third-order valence-electron chi connectivity index (χ3n) is 2.02. The maximum Gasteiger partial charge on any atom is 0.318 e. The number of amides is 3. The summed E-state index contributed by atoms with van der Waals surface area (Å²) >= 11 is 3.41. The molecule has 4 N–H and O–H groups in total. The van der Waals surface area contributed by atoms with Crippen LogP contribution >= 0.6 is 15.9 Å². The summed E-state index contributed by atoms with van der Waals surface area (Å²) in [4.78, 5) is 21.6. The molecule has 1 aromatic carbocycles. The molecule has 0 radical (unpaired) electrons. The van der Waals surface area contributed by atoms with Crippen molar-refractivity contribution in [2.45, 2.75) is 6.54 Å². The van der Waals surface area contributed by atoms with E-state index in [1.165, 1.54) is 0 Å². The molecule has 0 heterocycles. The van der Waals surface area contributed by atoms with Crippen LogP contribution in [0, 0.1) is 0 Å². The highest BCUT2D eigenvalue weighted by Gasteiger charge is 2.06. The number of hydrogen-bond donors (Lipinski definition) is 3. The molecule has 0 aromatic heterocycles. The van der Waals surface area contributed by atoms with Crippen molar-refractivity contribution in [3.63, 3.8) is 0 Å². The van der Waals surface area contributed by atoms with Crippen LogP contribution in [-0.2, 0) is 11.3 Å². The number of hydrogen-bond acceptors (Lipinski definition) is 4. The molecule has 0 fully saturated rings. The maximum absolute atomic E-state index is 11.1. The van der Waals surface area contributed by atoms with Gasteiger partial charge >= 0.3 is 6.03 Å². The van der Waals surface area contributed by atoms with Crippen LogP contribution < -0.4 is 21.1 Å². The molecule has 0 aliphatic carbocycles. The van der Waals surface area contributed by atoms with E-state index in [1.54, 1.807) is 12.1 Å². The highest BCUT2D eigenvalue weighted by molar-refractivity contribution is 9.10. The number of primary amides is 1. The summed E-state index contributed by atoms with van der Waals surface area (Å²) < 4.78 is 6.19. The normalized spacial score (nSPS) is 9.89. The molecule has 1 rings (SSSR count). The average molecular weight is 316 g/mol. The number of nitrogens with two attached hydrogens (primary N) is 1. The summed E-state index contributed by atoms with van der Waals surface area (Å²) in [5, 5.41) is 4.93. The van der Waals surface area contributed by atoms with Crippen molar-refractivity contribution in [1.29, 1.82) is 0 Å². The van der Waals surface area contributed by atoms with Gasteiger partial charge in [-0.05, 0) is 30.8 Å². The minimum atomic E-state index is -0.893. The molecule has 0 saturated heterocycles. The fourth-order valence-corrected chi connectivity index (χ4v) is 1.68. The summed E-state index contributed by atoms with van der Waals surface area (Å²) in [6, 6.07) is 4.46. The Balaban J connectivity index is 2.59. The van der Waals surface area contributed by atoms with E-state index < -0.39 is 11.9 Å².